The summed E-state index contributed by atoms with van der Waals surface area (Å²) in [7, 11) is 1.65. The topological polar surface area (TPSA) is 84.7 Å². The van der Waals surface area contributed by atoms with E-state index >= 15 is 0 Å². The lowest BCUT2D eigenvalue weighted by Crippen LogP contribution is -2.39. The molecule has 0 saturated carbocycles. The molecule has 1 amide bonds. The molecule has 1 N–H and O–H groups in total. The molecule has 2 heterocycles. The summed E-state index contributed by atoms with van der Waals surface area (Å²) in [6, 6.07) is 8.08. The first-order chi connectivity index (χ1) is 13.9. The van der Waals surface area contributed by atoms with Gasteiger partial charge in [0.25, 0.3) is 0 Å². The van der Waals surface area contributed by atoms with Crippen LogP contribution in [0, 0.1) is 6.92 Å². The van der Waals surface area contributed by atoms with Gasteiger partial charge in [-0.15, -0.1) is 0 Å². The summed E-state index contributed by atoms with van der Waals surface area (Å²) in [4.78, 5) is 26.0. The van der Waals surface area contributed by atoms with E-state index in [-0.39, 0.29) is 23.4 Å². The van der Waals surface area contributed by atoms with Gasteiger partial charge in [0, 0.05) is 19.5 Å². The molecule has 0 bridgehead atoms. The third kappa shape index (κ3) is 4.60. The molecule has 2 aromatic rings. The fourth-order valence-corrected chi connectivity index (χ4v) is 4.08. The SMILES string of the molecule is CCC(CC(=O)N1CCC(n2ncc(C(=O)O)c2C)CC1)c1ccc(OC)cc1. The average Bonchev–Trinajstić information content (AvgIpc) is 3.13. The maximum Gasteiger partial charge on any atom is 0.339 e. The molecule has 1 aliphatic heterocycles. The molecule has 156 valence electrons. The van der Waals surface area contributed by atoms with Crippen molar-refractivity contribution in [2.45, 2.75) is 51.5 Å². The molecule has 7 heteroatoms. The number of aromatic carboxylic acids is 1. The van der Waals surface area contributed by atoms with Crippen LogP contribution in [-0.4, -0.2) is 51.9 Å². The Bertz CT molecular complexity index is 851. The van der Waals surface area contributed by atoms with E-state index in [2.05, 4.69) is 12.0 Å². The van der Waals surface area contributed by atoms with Crippen molar-refractivity contribution in [1.82, 2.24) is 14.7 Å². The quantitative estimate of drug-likeness (QED) is 0.768. The molecular weight excluding hydrogens is 370 g/mol. The van der Waals surface area contributed by atoms with Crippen LogP contribution in [0.4, 0.5) is 0 Å². The van der Waals surface area contributed by atoms with Crippen molar-refractivity contribution in [2.75, 3.05) is 20.2 Å². The molecular formula is C22H29N3O4. The fourth-order valence-electron chi connectivity index (χ4n) is 4.08. The highest BCUT2D eigenvalue weighted by molar-refractivity contribution is 5.88. The predicted octanol–water partition coefficient (Wildman–Crippen LogP) is 3.65. The summed E-state index contributed by atoms with van der Waals surface area (Å²) >= 11 is 0. The summed E-state index contributed by atoms with van der Waals surface area (Å²) in [5.74, 6) is 0.231. The number of carboxylic acids is 1. The number of likely N-dealkylation sites (tertiary alicyclic amines) is 1. The minimum absolute atomic E-state index is 0.135. The highest BCUT2D eigenvalue weighted by Crippen LogP contribution is 2.29. The van der Waals surface area contributed by atoms with E-state index in [4.69, 9.17) is 4.74 Å². The molecule has 29 heavy (non-hydrogen) atoms. The molecule has 0 spiro atoms. The Morgan fingerprint density at radius 2 is 1.90 bits per heavy atom. The van der Waals surface area contributed by atoms with Gasteiger partial charge in [-0.2, -0.15) is 5.10 Å². The number of hydrogen-bond donors (Lipinski definition) is 1. The third-order valence-corrected chi connectivity index (χ3v) is 5.94. The Hall–Kier alpha value is -2.83. The molecule has 0 radical (unpaired) electrons. The third-order valence-electron chi connectivity index (χ3n) is 5.94. The van der Waals surface area contributed by atoms with Gasteiger partial charge in [0.05, 0.1) is 25.0 Å². The van der Waals surface area contributed by atoms with Crippen LogP contribution in [-0.2, 0) is 4.79 Å². The number of amides is 1. The second-order valence-electron chi connectivity index (χ2n) is 7.59. The van der Waals surface area contributed by atoms with Crippen LogP contribution in [0.5, 0.6) is 5.75 Å². The number of nitrogens with zero attached hydrogens (tertiary/aromatic N) is 3. The molecule has 3 rings (SSSR count). The highest BCUT2D eigenvalue weighted by atomic mass is 16.5. The molecule has 1 saturated heterocycles. The van der Waals surface area contributed by atoms with Crippen LogP contribution in [0.3, 0.4) is 0 Å². The zero-order valence-electron chi connectivity index (χ0n) is 17.3. The molecule has 1 aromatic carbocycles. The number of methoxy groups -OCH3 is 1. The number of piperidine rings is 1. The van der Waals surface area contributed by atoms with Crippen LogP contribution < -0.4 is 4.74 Å². The van der Waals surface area contributed by atoms with Gasteiger partial charge in [-0.25, -0.2) is 4.79 Å². The molecule has 1 fully saturated rings. The number of carbonyl (C=O) groups is 2. The van der Waals surface area contributed by atoms with Crippen molar-refractivity contribution >= 4 is 11.9 Å². The van der Waals surface area contributed by atoms with Gasteiger partial charge >= 0.3 is 5.97 Å². The predicted molar refractivity (Wildman–Crippen MR) is 109 cm³/mol. The fraction of sp³-hybridized carbons (Fsp3) is 0.500. The van der Waals surface area contributed by atoms with Crippen molar-refractivity contribution in [3.63, 3.8) is 0 Å². The van der Waals surface area contributed by atoms with Crippen molar-refractivity contribution in [1.29, 1.82) is 0 Å². The van der Waals surface area contributed by atoms with Gasteiger partial charge in [0.1, 0.15) is 11.3 Å². The second-order valence-corrected chi connectivity index (χ2v) is 7.59. The Morgan fingerprint density at radius 1 is 1.24 bits per heavy atom. The number of ether oxygens (including phenoxy) is 1. The number of rotatable bonds is 7. The van der Waals surface area contributed by atoms with E-state index in [0.29, 0.717) is 25.2 Å². The van der Waals surface area contributed by atoms with Crippen molar-refractivity contribution in [2.24, 2.45) is 0 Å². The summed E-state index contributed by atoms with van der Waals surface area (Å²) in [5, 5.41) is 13.5. The van der Waals surface area contributed by atoms with Crippen LogP contribution >= 0.6 is 0 Å². The minimum Gasteiger partial charge on any atom is -0.497 e. The maximum atomic E-state index is 12.9. The summed E-state index contributed by atoms with van der Waals surface area (Å²) in [6.45, 7) is 5.23. The van der Waals surface area contributed by atoms with E-state index in [0.717, 1.165) is 30.6 Å². The van der Waals surface area contributed by atoms with Gasteiger partial charge in [0.15, 0.2) is 0 Å². The number of carbonyl (C=O) groups excluding carboxylic acids is 1. The Kier molecular flexibility index (Phi) is 6.56. The average molecular weight is 399 g/mol. The van der Waals surface area contributed by atoms with Gasteiger partial charge in [-0.3, -0.25) is 9.48 Å². The molecule has 1 aromatic heterocycles. The summed E-state index contributed by atoms with van der Waals surface area (Å²) in [6.07, 6.45) is 4.38. The number of hydrogen-bond acceptors (Lipinski definition) is 4. The Labute approximate surface area is 171 Å². The lowest BCUT2D eigenvalue weighted by Gasteiger charge is -2.33. The highest BCUT2D eigenvalue weighted by Gasteiger charge is 2.27. The van der Waals surface area contributed by atoms with Gasteiger partial charge in [-0.1, -0.05) is 19.1 Å². The Balaban J connectivity index is 1.58. The maximum absolute atomic E-state index is 12.9. The zero-order valence-corrected chi connectivity index (χ0v) is 17.3. The summed E-state index contributed by atoms with van der Waals surface area (Å²) in [5.41, 5.74) is 2.08. The lowest BCUT2D eigenvalue weighted by molar-refractivity contribution is -0.133. The summed E-state index contributed by atoms with van der Waals surface area (Å²) < 4.78 is 7.02. The largest absolute Gasteiger partial charge is 0.497 e. The van der Waals surface area contributed by atoms with Crippen molar-refractivity contribution in [3.8, 4) is 5.75 Å². The molecule has 1 aliphatic rings. The van der Waals surface area contributed by atoms with E-state index in [1.165, 1.54) is 6.20 Å². The van der Waals surface area contributed by atoms with E-state index < -0.39 is 5.97 Å². The Morgan fingerprint density at radius 3 is 2.41 bits per heavy atom. The van der Waals surface area contributed by atoms with Gasteiger partial charge < -0.3 is 14.7 Å². The number of aromatic nitrogens is 2. The van der Waals surface area contributed by atoms with Gasteiger partial charge in [-0.05, 0) is 49.8 Å². The lowest BCUT2D eigenvalue weighted by atomic mass is 9.92. The van der Waals surface area contributed by atoms with Gasteiger partial charge in [0.2, 0.25) is 5.91 Å². The first kappa shape index (κ1) is 20.9. The first-order valence-corrected chi connectivity index (χ1v) is 10.1. The van der Waals surface area contributed by atoms with Crippen LogP contribution in [0.15, 0.2) is 30.5 Å². The van der Waals surface area contributed by atoms with E-state index in [1.807, 2.05) is 29.2 Å². The normalized spacial score (nSPS) is 15.9. The minimum atomic E-state index is -0.953. The second kappa shape index (κ2) is 9.11. The van der Waals surface area contributed by atoms with E-state index in [1.54, 1.807) is 18.7 Å². The number of benzene rings is 1. The molecule has 1 unspecified atom stereocenters. The first-order valence-electron chi connectivity index (χ1n) is 10.1. The smallest absolute Gasteiger partial charge is 0.339 e. The van der Waals surface area contributed by atoms with Crippen LogP contribution in [0.1, 0.15) is 66.2 Å². The zero-order chi connectivity index (χ0) is 21.0. The molecule has 0 aliphatic carbocycles. The molecule has 7 nitrogen and oxygen atoms in total. The van der Waals surface area contributed by atoms with Crippen LogP contribution in [0.25, 0.3) is 0 Å². The van der Waals surface area contributed by atoms with Crippen molar-refractivity contribution in [3.05, 3.63) is 47.3 Å². The monoisotopic (exact) mass is 399 g/mol. The molecule has 1 atom stereocenters. The van der Waals surface area contributed by atoms with Crippen molar-refractivity contribution < 1.29 is 19.4 Å². The number of carboxylic acid groups (broad SMARTS) is 1. The van der Waals surface area contributed by atoms with Crippen LogP contribution in [0.2, 0.25) is 0 Å². The standard InChI is InChI=1S/C22H29N3O4/c1-4-16(17-5-7-19(29-3)8-6-17)13-21(26)24-11-9-18(10-12-24)25-15(2)20(14-23-25)22(27)28/h5-8,14,16,18H,4,9-13H2,1-3H3,(H,27,28). The van der Waals surface area contributed by atoms with E-state index in [9.17, 15) is 14.7 Å².